The van der Waals surface area contributed by atoms with Gasteiger partial charge in [0.05, 0.1) is 33.2 Å². The Labute approximate surface area is 233 Å². The molecule has 0 saturated heterocycles. The Kier molecular flexibility index (Phi) is 17.1. The molecule has 0 aliphatic rings. The third kappa shape index (κ3) is 19.0. The maximum Gasteiger partial charge on any atom is 0.208 e. The molecule has 19 heteroatoms. The number of hydrazone groups is 2. The summed E-state index contributed by atoms with van der Waals surface area (Å²) in [5.41, 5.74) is 25.7. The van der Waals surface area contributed by atoms with Gasteiger partial charge in [-0.2, -0.15) is 0 Å². The van der Waals surface area contributed by atoms with Gasteiger partial charge in [0.25, 0.3) is 0 Å². The van der Waals surface area contributed by atoms with E-state index >= 15 is 0 Å². The van der Waals surface area contributed by atoms with Crippen LogP contribution in [0, 0.1) is 0 Å². The molecule has 0 atom stereocenters. The predicted octanol–water partition coefficient (Wildman–Crippen LogP) is 0.962. The molecule has 0 bridgehead atoms. The zero-order chi connectivity index (χ0) is 28.4. The van der Waals surface area contributed by atoms with Crippen LogP contribution in [-0.4, -0.2) is 55.7 Å². The summed E-state index contributed by atoms with van der Waals surface area (Å²) in [6.07, 6.45) is 0. The molecule has 208 valence electrons. The zero-order valence-electron chi connectivity index (χ0n) is 18.9. The second-order valence-corrected chi connectivity index (χ2v) is 8.54. The van der Waals surface area contributed by atoms with Gasteiger partial charge in [0.1, 0.15) is 13.2 Å². The molecule has 0 saturated carbocycles. The molecule has 0 heterocycles. The number of ether oxygens (including phenoxy) is 2. The first-order valence-corrected chi connectivity index (χ1v) is 12.5. The summed E-state index contributed by atoms with van der Waals surface area (Å²) in [6.45, 7) is 1.58. The van der Waals surface area contributed by atoms with E-state index in [9.17, 15) is 0 Å². The van der Waals surface area contributed by atoms with E-state index in [0.717, 1.165) is 0 Å². The lowest BCUT2D eigenvalue weighted by atomic mass is 10.3. The van der Waals surface area contributed by atoms with E-state index in [1.807, 2.05) is 0 Å². The molecule has 0 aliphatic carbocycles. The first-order chi connectivity index (χ1) is 17.2. The minimum absolute atomic E-state index is 0.0317. The number of nitrogens with one attached hydrogen (secondary N) is 2. The van der Waals surface area contributed by atoms with Crippen LogP contribution in [0.1, 0.15) is 0 Å². The molecule has 0 radical (unpaired) electrons. The van der Waals surface area contributed by atoms with Gasteiger partial charge in [-0.05, 0) is 24.3 Å². The number of nitrogens with two attached hydrogens (primary N) is 4. The Morgan fingerprint density at radius 2 is 1.00 bits per heavy atom. The molecule has 0 aromatic heterocycles. The van der Waals surface area contributed by atoms with Crippen LogP contribution in [0.25, 0.3) is 0 Å². The minimum atomic E-state index is -5.17. The monoisotopic (exact) mass is 620 g/mol. The summed E-state index contributed by atoms with van der Waals surface area (Å²) in [6, 6.07) is 10.3. The number of hydrogen-bond acceptors (Lipinski definition) is 10. The van der Waals surface area contributed by atoms with Gasteiger partial charge >= 0.3 is 0 Å². The highest BCUT2D eigenvalue weighted by atomic mass is 35.5. The van der Waals surface area contributed by atoms with Crippen LogP contribution >= 0.6 is 46.4 Å². The van der Waals surface area contributed by atoms with E-state index in [4.69, 9.17) is 96.3 Å². The Balaban J connectivity index is 0.000000594. The fourth-order valence-corrected chi connectivity index (χ4v) is 2.95. The van der Waals surface area contributed by atoms with Gasteiger partial charge in [-0.3, -0.25) is 8.42 Å². The molecule has 0 aliphatic heterocycles. The van der Waals surface area contributed by atoms with E-state index in [2.05, 4.69) is 21.1 Å². The van der Waals surface area contributed by atoms with Crippen molar-refractivity contribution in [2.75, 3.05) is 26.3 Å². The van der Waals surface area contributed by atoms with Crippen molar-refractivity contribution in [1.29, 1.82) is 0 Å². The first-order valence-electron chi connectivity index (χ1n) is 9.65. The van der Waals surface area contributed by atoms with Crippen molar-refractivity contribution >= 4 is 68.7 Å². The van der Waals surface area contributed by atoms with Crippen molar-refractivity contribution in [3.63, 3.8) is 0 Å². The average Bonchev–Trinajstić information content (AvgIpc) is 2.76. The van der Waals surface area contributed by atoms with Crippen molar-refractivity contribution in [2.45, 2.75) is 0 Å². The Hall–Kier alpha value is -2.79. The van der Waals surface area contributed by atoms with Crippen molar-refractivity contribution in [2.24, 2.45) is 33.1 Å². The molecule has 0 unspecified atom stereocenters. The topological polar surface area (TPSA) is 252 Å². The lowest BCUT2D eigenvalue weighted by Crippen LogP contribution is -2.27. The standard InChI is InChI=1S/2C9H12Cl2N4O.H2O4S/c2*10-6-2-1-3-7(11)8(6)16-5-4-14-15-9(12)13;1-5(2,3)4/h2*1-3,14H,4-5H2,(H4,12,13,15);(H2,1,2,3,4)/p-2. The normalized spacial score (nSPS) is 9.89. The fourth-order valence-electron chi connectivity index (χ4n) is 1.93. The predicted molar refractivity (Wildman–Crippen MR) is 142 cm³/mol. The zero-order valence-corrected chi connectivity index (χ0v) is 22.7. The molecular formula is C18H24Cl4N8O6S-2. The van der Waals surface area contributed by atoms with E-state index < -0.39 is 10.4 Å². The van der Waals surface area contributed by atoms with Crippen molar-refractivity contribution in [3.05, 3.63) is 56.5 Å². The fraction of sp³-hybridized carbons (Fsp3) is 0.222. The third-order valence-electron chi connectivity index (χ3n) is 3.17. The molecule has 0 amide bonds. The molecule has 0 spiro atoms. The molecule has 14 nitrogen and oxygen atoms in total. The maximum atomic E-state index is 8.52. The smallest absolute Gasteiger partial charge is 0.208 e. The number of hydrogen-bond donors (Lipinski definition) is 6. The minimum Gasteiger partial charge on any atom is -0.759 e. The Morgan fingerprint density at radius 3 is 1.24 bits per heavy atom. The van der Waals surface area contributed by atoms with Crippen LogP contribution in [0.3, 0.4) is 0 Å². The number of para-hydroxylation sites is 2. The summed E-state index contributed by atoms with van der Waals surface area (Å²) in [4.78, 5) is 0. The van der Waals surface area contributed by atoms with Gasteiger partial charge in [-0.25, -0.2) is 0 Å². The van der Waals surface area contributed by atoms with Gasteiger partial charge in [0.2, 0.25) is 11.9 Å². The number of nitrogens with zero attached hydrogens (tertiary/aromatic N) is 2. The highest BCUT2D eigenvalue weighted by Crippen LogP contribution is 2.32. The first kappa shape index (κ1) is 34.2. The molecule has 2 aromatic rings. The average molecular weight is 622 g/mol. The molecule has 10 N–H and O–H groups in total. The SMILES string of the molecule is NC(N)=NNCCOc1c(Cl)cccc1Cl.NC(N)=NNCCOc1c(Cl)cccc1Cl.O=S(=O)([O-])[O-]. The van der Waals surface area contributed by atoms with Gasteiger partial charge in [0, 0.05) is 10.4 Å². The lowest BCUT2D eigenvalue weighted by Gasteiger charge is -2.09. The van der Waals surface area contributed by atoms with E-state index in [1.54, 1.807) is 36.4 Å². The molecule has 2 rings (SSSR count). The number of rotatable bonds is 10. The van der Waals surface area contributed by atoms with Gasteiger partial charge < -0.3 is 52.4 Å². The van der Waals surface area contributed by atoms with Crippen LogP contribution in [0.5, 0.6) is 11.5 Å². The maximum absolute atomic E-state index is 8.52. The van der Waals surface area contributed by atoms with Crippen molar-refractivity contribution < 1.29 is 27.0 Å². The van der Waals surface area contributed by atoms with Crippen LogP contribution in [0.4, 0.5) is 0 Å². The van der Waals surface area contributed by atoms with Crippen LogP contribution in [0.15, 0.2) is 46.6 Å². The van der Waals surface area contributed by atoms with Crippen molar-refractivity contribution in [3.8, 4) is 11.5 Å². The molecule has 2 aromatic carbocycles. The lowest BCUT2D eigenvalue weighted by molar-refractivity contribution is 0.315. The van der Waals surface area contributed by atoms with Crippen LogP contribution in [0.2, 0.25) is 20.1 Å². The number of guanidine groups is 2. The summed E-state index contributed by atoms with van der Waals surface area (Å²) in [5, 5.41) is 9.02. The van der Waals surface area contributed by atoms with E-state index in [0.29, 0.717) is 57.9 Å². The van der Waals surface area contributed by atoms with Crippen LogP contribution in [-0.2, 0) is 10.4 Å². The Bertz CT molecular complexity index is 1010. The number of halogens is 4. The Morgan fingerprint density at radius 1 is 0.730 bits per heavy atom. The number of benzene rings is 2. The second-order valence-electron chi connectivity index (χ2n) is 6.10. The van der Waals surface area contributed by atoms with Gasteiger partial charge in [-0.15, -0.1) is 10.2 Å². The third-order valence-corrected chi connectivity index (χ3v) is 4.37. The largest absolute Gasteiger partial charge is 0.759 e. The highest BCUT2D eigenvalue weighted by Gasteiger charge is 2.06. The van der Waals surface area contributed by atoms with Gasteiger partial charge in [0.15, 0.2) is 11.5 Å². The van der Waals surface area contributed by atoms with Crippen LogP contribution < -0.4 is 43.3 Å². The highest BCUT2D eigenvalue weighted by molar-refractivity contribution is 7.79. The van der Waals surface area contributed by atoms with Gasteiger partial charge in [-0.1, -0.05) is 58.5 Å². The second kappa shape index (κ2) is 18.5. The molecular weight excluding hydrogens is 598 g/mol. The van der Waals surface area contributed by atoms with E-state index in [-0.39, 0.29) is 11.9 Å². The van der Waals surface area contributed by atoms with Crippen molar-refractivity contribution in [1.82, 2.24) is 10.9 Å². The summed E-state index contributed by atoms with van der Waals surface area (Å²) >= 11 is 23.6. The summed E-state index contributed by atoms with van der Waals surface area (Å²) in [5.74, 6) is 0.848. The molecule has 37 heavy (non-hydrogen) atoms. The van der Waals surface area contributed by atoms with E-state index in [1.165, 1.54) is 0 Å². The quantitative estimate of drug-likeness (QED) is 0.0541. The summed E-state index contributed by atoms with van der Waals surface area (Å²) in [7, 11) is -5.17. The molecule has 0 fully saturated rings. The summed E-state index contributed by atoms with van der Waals surface area (Å²) < 4.78 is 44.8.